The number of hydrogen-bond acceptors (Lipinski definition) is 1. The lowest BCUT2D eigenvalue weighted by Gasteiger charge is -2.31. The van der Waals surface area contributed by atoms with E-state index in [-0.39, 0.29) is 0 Å². The summed E-state index contributed by atoms with van der Waals surface area (Å²) < 4.78 is 0. The Morgan fingerprint density at radius 1 is 1.00 bits per heavy atom. The minimum absolute atomic E-state index is 0.791. The molecule has 1 N–H and O–H groups in total. The number of rotatable bonds is 10. The van der Waals surface area contributed by atoms with Crippen molar-refractivity contribution >= 4 is 0 Å². The molecule has 0 aliphatic rings. The maximum atomic E-state index is 11.2. The number of aliphatic hydroxyl groups is 1. The maximum Gasteiger partial charge on any atom is 0.110 e. The second-order valence-electron chi connectivity index (χ2n) is 5.74. The van der Waals surface area contributed by atoms with Gasteiger partial charge < -0.3 is 5.11 Å². The van der Waals surface area contributed by atoms with Gasteiger partial charge in [-0.05, 0) is 36.8 Å². The molecule has 0 amide bonds. The first kappa shape index (κ1) is 17.0. The van der Waals surface area contributed by atoms with Gasteiger partial charge in [-0.2, -0.15) is 0 Å². The Labute approximate surface area is 124 Å². The monoisotopic (exact) mass is 274 g/mol. The minimum Gasteiger partial charge on any atom is -0.381 e. The van der Waals surface area contributed by atoms with Crippen LogP contribution in [0.5, 0.6) is 0 Å². The summed E-state index contributed by atoms with van der Waals surface area (Å²) in [5.74, 6) is 0. The van der Waals surface area contributed by atoms with Crippen LogP contribution in [0.15, 0.2) is 42.5 Å². The van der Waals surface area contributed by atoms with Crippen LogP contribution in [0.2, 0.25) is 0 Å². The second-order valence-corrected chi connectivity index (χ2v) is 5.74. The molecule has 0 saturated carbocycles. The van der Waals surface area contributed by atoms with Gasteiger partial charge in [-0.3, -0.25) is 0 Å². The fourth-order valence-electron chi connectivity index (χ4n) is 2.64. The van der Waals surface area contributed by atoms with Crippen molar-refractivity contribution in [3.8, 4) is 0 Å². The van der Waals surface area contributed by atoms with E-state index in [1.54, 1.807) is 0 Å². The first-order valence-corrected chi connectivity index (χ1v) is 8.11. The highest BCUT2D eigenvalue weighted by Crippen LogP contribution is 2.36. The molecule has 0 aliphatic heterocycles. The summed E-state index contributed by atoms with van der Waals surface area (Å²) >= 11 is 0. The zero-order chi connectivity index (χ0) is 14.8. The van der Waals surface area contributed by atoms with Gasteiger partial charge in [0.2, 0.25) is 0 Å². The van der Waals surface area contributed by atoms with Crippen molar-refractivity contribution in [3.05, 3.63) is 48.0 Å². The fraction of sp³-hybridized carbons (Fsp3) is 0.579. The third kappa shape index (κ3) is 4.79. The molecular weight excluding hydrogens is 244 g/mol. The first-order chi connectivity index (χ1) is 9.65. The van der Waals surface area contributed by atoms with Crippen LogP contribution < -0.4 is 0 Å². The van der Waals surface area contributed by atoms with E-state index in [9.17, 15) is 5.11 Å². The Hall–Kier alpha value is -1.08. The topological polar surface area (TPSA) is 20.2 Å². The lowest BCUT2D eigenvalue weighted by Crippen LogP contribution is -2.28. The molecule has 0 aliphatic carbocycles. The Morgan fingerprint density at radius 3 is 2.25 bits per heavy atom. The van der Waals surface area contributed by atoms with Crippen LogP contribution in [0.3, 0.4) is 0 Å². The average Bonchev–Trinajstić information content (AvgIpc) is 2.49. The SMILES string of the molecule is C=C(CCCC)C(O)(CCCCCC)c1ccccc1. The molecule has 1 rings (SSSR count). The van der Waals surface area contributed by atoms with Crippen LogP contribution in [0, 0.1) is 0 Å². The standard InChI is InChI=1S/C19H30O/c1-4-6-8-12-16-19(20,17(3)13-7-5-2)18-14-10-9-11-15-18/h9-11,14-15,20H,3-8,12-13,16H2,1-2H3. The Bertz CT molecular complexity index is 382. The number of hydrogen-bond donors (Lipinski definition) is 1. The number of unbranched alkanes of at least 4 members (excludes halogenated alkanes) is 4. The summed E-state index contributed by atoms with van der Waals surface area (Å²) in [5.41, 5.74) is 1.13. The van der Waals surface area contributed by atoms with Crippen molar-refractivity contribution in [2.45, 2.75) is 70.8 Å². The van der Waals surface area contributed by atoms with Crippen LogP contribution in [-0.2, 0) is 5.60 Å². The summed E-state index contributed by atoms with van der Waals surface area (Å²) in [4.78, 5) is 0. The van der Waals surface area contributed by atoms with Crippen LogP contribution in [0.4, 0.5) is 0 Å². The Morgan fingerprint density at radius 2 is 1.65 bits per heavy atom. The van der Waals surface area contributed by atoms with Gasteiger partial charge in [0.25, 0.3) is 0 Å². The molecule has 0 heterocycles. The fourth-order valence-corrected chi connectivity index (χ4v) is 2.64. The van der Waals surface area contributed by atoms with Gasteiger partial charge in [-0.1, -0.05) is 76.4 Å². The van der Waals surface area contributed by atoms with E-state index in [0.717, 1.165) is 43.2 Å². The van der Waals surface area contributed by atoms with Gasteiger partial charge in [-0.15, -0.1) is 0 Å². The second kappa shape index (κ2) is 8.97. The summed E-state index contributed by atoms with van der Waals surface area (Å²) in [6.45, 7) is 8.58. The molecule has 1 unspecified atom stereocenters. The van der Waals surface area contributed by atoms with Gasteiger partial charge in [-0.25, -0.2) is 0 Å². The third-order valence-electron chi connectivity index (χ3n) is 4.06. The van der Waals surface area contributed by atoms with Crippen molar-refractivity contribution in [1.82, 2.24) is 0 Å². The molecule has 0 saturated heterocycles. The van der Waals surface area contributed by atoms with Crippen LogP contribution >= 0.6 is 0 Å². The van der Waals surface area contributed by atoms with E-state index in [0.29, 0.717) is 0 Å². The van der Waals surface area contributed by atoms with E-state index >= 15 is 0 Å². The molecule has 1 aromatic rings. The van der Waals surface area contributed by atoms with Gasteiger partial charge in [0.15, 0.2) is 0 Å². The van der Waals surface area contributed by atoms with Crippen molar-refractivity contribution < 1.29 is 5.11 Å². The van der Waals surface area contributed by atoms with Crippen molar-refractivity contribution in [2.24, 2.45) is 0 Å². The van der Waals surface area contributed by atoms with E-state index in [1.807, 2.05) is 30.3 Å². The van der Waals surface area contributed by atoms with E-state index in [4.69, 9.17) is 0 Å². The molecule has 20 heavy (non-hydrogen) atoms. The minimum atomic E-state index is -0.843. The van der Waals surface area contributed by atoms with Gasteiger partial charge >= 0.3 is 0 Å². The summed E-state index contributed by atoms with van der Waals surface area (Å²) in [6.07, 6.45) is 8.65. The van der Waals surface area contributed by atoms with Crippen LogP contribution in [-0.4, -0.2) is 5.11 Å². The zero-order valence-electron chi connectivity index (χ0n) is 13.2. The molecule has 0 radical (unpaired) electrons. The molecule has 1 aromatic carbocycles. The largest absolute Gasteiger partial charge is 0.381 e. The van der Waals surface area contributed by atoms with Crippen LogP contribution in [0.1, 0.15) is 70.8 Å². The molecular formula is C19H30O. The molecule has 1 atom stereocenters. The lowest BCUT2D eigenvalue weighted by molar-refractivity contribution is 0.0600. The molecule has 112 valence electrons. The molecule has 0 fully saturated rings. The highest BCUT2D eigenvalue weighted by atomic mass is 16.3. The summed E-state index contributed by atoms with van der Waals surface area (Å²) in [7, 11) is 0. The zero-order valence-corrected chi connectivity index (χ0v) is 13.2. The molecule has 1 heteroatoms. The van der Waals surface area contributed by atoms with Gasteiger partial charge in [0.1, 0.15) is 5.60 Å². The first-order valence-electron chi connectivity index (χ1n) is 8.11. The molecule has 0 bridgehead atoms. The Balaban J connectivity index is 2.79. The molecule has 1 nitrogen and oxygen atoms in total. The quantitative estimate of drug-likeness (QED) is 0.435. The highest BCUT2D eigenvalue weighted by Gasteiger charge is 2.31. The smallest absolute Gasteiger partial charge is 0.110 e. The average molecular weight is 274 g/mol. The van der Waals surface area contributed by atoms with E-state index in [2.05, 4.69) is 20.4 Å². The molecule has 0 spiro atoms. The van der Waals surface area contributed by atoms with Gasteiger partial charge in [0.05, 0.1) is 0 Å². The molecule has 0 aromatic heterocycles. The number of benzene rings is 1. The lowest BCUT2D eigenvalue weighted by atomic mass is 9.80. The highest BCUT2D eigenvalue weighted by molar-refractivity contribution is 5.31. The predicted molar refractivity (Wildman–Crippen MR) is 87.8 cm³/mol. The van der Waals surface area contributed by atoms with E-state index in [1.165, 1.54) is 19.3 Å². The van der Waals surface area contributed by atoms with E-state index < -0.39 is 5.60 Å². The van der Waals surface area contributed by atoms with Crippen LogP contribution in [0.25, 0.3) is 0 Å². The Kier molecular flexibility index (Phi) is 7.61. The predicted octanol–water partition coefficient (Wildman–Crippen LogP) is 5.59. The van der Waals surface area contributed by atoms with Crippen molar-refractivity contribution in [3.63, 3.8) is 0 Å². The third-order valence-corrected chi connectivity index (χ3v) is 4.06. The van der Waals surface area contributed by atoms with Crippen molar-refractivity contribution in [1.29, 1.82) is 0 Å². The van der Waals surface area contributed by atoms with Gasteiger partial charge in [0, 0.05) is 0 Å². The maximum absolute atomic E-state index is 11.2. The van der Waals surface area contributed by atoms with Crippen molar-refractivity contribution in [2.75, 3.05) is 0 Å². The summed E-state index contributed by atoms with van der Waals surface area (Å²) in [5, 5.41) is 11.2. The summed E-state index contributed by atoms with van der Waals surface area (Å²) in [6, 6.07) is 10.0. The normalized spacial score (nSPS) is 13.9.